The first-order valence-corrected chi connectivity index (χ1v) is 8.37. The highest BCUT2D eigenvalue weighted by Crippen LogP contribution is 2.39. The summed E-state index contributed by atoms with van der Waals surface area (Å²) in [5, 5.41) is 6.18. The van der Waals surface area contributed by atoms with E-state index in [1.807, 2.05) is 0 Å². The van der Waals surface area contributed by atoms with Crippen LogP contribution in [0.3, 0.4) is 0 Å². The van der Waals surface area contributed by atoms with Crippen molar-refractivity contribution in [2.45, 2.75) is 31.2 Å². The quantitative estimate of drug-likeness (QED) is 0.926. The number of methoxy groups -OCH3 is 1. The maximum atomic E-state index is 5.49. The number of rotatable bonds is 4. The predicted molar refractivity (Wildman–Crippen MR) is 91.8 cm³/mol. The Bertz CT molecular complexity index is 672. The van der Waals surface area contributed by atoms with E-state index in [0.717, 1.165) is 12.3 Å². The average Bonchev–Trinajstić information content (AvgIpc) is 3.12. The molecule has 4 rings (SSSR count). The number of nitrogens with zero attached hydrogens (tertiary/aromatic N) is 1. The summed E-state index contributed by atoms with van der Waals surface area (Å²) in [7, 11) is 1.74. The van der Waals surface area contributed by atoms with Gasteiger partial charge in [-0.05, 0) is 50.9 Å². The molecule has 2 aliphatic rings. The molecule has 0 radical (unpaired) electrons. The van der Waals surface area contributed by atoms with Gasteiger partial charge in [-0.1, -0.05) is 24.3 Å². The number of fused-ring (bicyclic) bond motifs is 2. The van der Waals surface area contributed by atoms with Crippen molar-refractivity contribution in [3.63, 3.8) is 0 Å². The molecule has 1 N–H and O–H groups in total. The van der Waals surface area contributed by atoms with Crippen molar-refractivity contribution in [3.05, 3.63) is 36.4 Å². The van der Waals surface area contributed by atoms with Gasteiger partial charge in [0, 0.05) is 28.5 Å². The fourth-order valence-corrected chi connectivity index (χ4v) is 4.38. The van der Waals surface area contributed by atoms with Crippen molar-refractivity contribution in [2.75, 3.05) is 32.1 Å². The molecular weight excluding hydrogens is 272 g/mol. The van der Waals surface area contributed by atoms with Gasteiger partial charge in [0.05, 0.1) is 7.11 Å². The highest BCUT2D eigenvalue weighted by Gasteiger charge is 2.43. The average molecular weight is 296 g/mol. The Kier molecular flexibility index (Phi) is 3.45. The van der Waals surface area contributed by atoms with Crippen LogP contribution < -0.4 is 10.1 Å². The van der Waals surface area contributed by atoms with Crippen LogP contribution in [-0.4, -0.2) is 37.2 Å². The summed E-state index contributed by atoms with van der Waals surface area (Å²) in [4.78, 5) is 2.70. The van der Waals surface area contributed by atoms with Crippen LogP contribution in [-0.2, 0) is 0 Å². The van der Waals surface area contributed by atoms with Crippen LogP contribution in [0.5, 0.6) is 5.75 Å². The lowest BCUT2D eigenvalue weighted by Crippen LogP contribution is -2.44. The molecule has 0 unspecified atom stereocenters. The zero-order valence-electron chi connectivity index (χ0n) is 13.3. The molecule has 0 aromatic heterocycles. The van der Waals surface area contributed by atoms with Gasteiger partial charge in [-0.15, -0.1) is 0 Å². The van der Waals surface area contributed by atoms with Gasteiger partial charge in [0.2, 0.25) is 0 Å². The largest absolute Gasteiger partial charge is 0.496 e. The summed E-state index contributed by atoms with van der Waals surface area (Å²) in [6.07, 6.45) is 5.39. The molecule has 0 bridgehead atoms. The van der Waals surface area contributed by atoms with Crippen LogP contribution in [0, 0.1) is 0 Å². The Balaban J connectivity index is 1.62. The van der Waals surface area contributed by atoms with E-state index in [1.54, 1.807) is 7.11 Å². The highest BCUT2D eigenvalue weighted by atomic mass is 16.5. The number of ether oxygens (including phenoxy) is 1. The van der Waals surface area contributed by atoms with Crippen LogP contribution in [0.1, 0.15) is 25.7 Å². The van der Waals surface area contributed by atoms with E-state index >= 15 is 0 Å². The Hall–Kier alpha value is -1.74. The fraction of sp³-hybridized carbons (Fsp3) is 0.474. The monoisotopic (exact) mass is 296 g/mol. The van der Waals surface area contributed by atoms with Crippen LogP contribution in [0.2, 0.25) is 0 Å². The minimum Gasteiger partial charge on any atom is -0.496 e. The molecule has 116 valence electrons. The number of benzene rings is 2. The van der Waals surface area contributed by atoms with Gasteiger partial charge in [-0.2, -0.15) is 0 Å². The summed E-state index contributed by atoms with van der Waals surface area (Å²) < 4.78 is 5.49. The fourth-order valence-electron chi connectivity index (χ4n) is 4.38. The summed E-state index contributed by atoms with van der Waals surface area (Å²) in [6.45, 7) is 3.62. The highest BCUT2D eigenvalue weighted by molar-refractivity contribution is 5.97. The second-order valence-corrected chi connectivity index (χ2v) is 6.63. The molecule has 2 fully saturated rings. The first-order chi connectivity index (χ1) is 10.8. The minimum absolute atomic E-state index is 0.404. The molecular formula is C19H24N2O. The first kappa shape index (κ1) is 13.9. The Morgan fingerprint density at radius 2 is 1.77 bits per heavy atom. The maximum Gasteiger partial charge on any atom is 0.126 e. The van der Waals surface area contributed by atoms with Crippen molar-refractivity contribution in [1.29, 1.82) is 0 Å². The van der Waals surface area contributed by atoms with Gasteiger partial charge in [-0.3, -0.25) is 4.90 Å². The number of hydrogen-bond donors (Lipinski definition) is 1. The Morgan fingerprint density at radius 3 is 2.50 bits per heavy atom. The number of nitrogens with one attached hydrogen (secondary N) is 1. The normalized spacial score (nSPS) is 20.2. The molecule has 0 aliphatic carbocycles. The summed E-state index contributed by atoms with van der Waals surface area (Å²) >= 11 is 0. The van der Waals surface area contributed by atoms with E-state index < -0.39 is 0 Å². The lowest BCUT2D eigenvalue weighted by atomic mass is 9.94. The molecule has 2 aromatic rings. The van der Waals surface area contributed by atoms with E-state index in [0.29, 0.717) is 5.54 Å². The standard InChI is InChI=1S/C19H24N2O/c1-22-18-9-8-17(15-6-2-3-7-16(15)18)20-14-19-10-4-12-21(19)13-5-11-19/h2-3,6-9,20H,4-5,10-14H2,1H3. The summed E-state index contributed by atoms with van der Waals surface area (Å²) in [6, 6.07) is 12.7. The lowest BCUT2D eigenvalue weighted by molar-refractivity contribution is 0.209. The topological polar surface area (TPSA) is 24.5 Å². The molecule has 2 aliphatic heterocycles. The van der Waals surface area contributed by atoms with Crippen LogP contribution in [0.15, 0.2) is 36.4 Å². The predicted octanol–water partition coefficient (Wildman–Crippen LogP) is 3.89. The van der Waals surface area contributed by atoms with E-state index in [4.69, 9.17) is 4.74 Å². The van der Waals surface area contributed by atoms with E-state index in [1.165, 1.54) is 55.2 Å². The third kappa shape index (κ3) is 2.15. The van der Waals surface area contributed by atoms with Gasteiger partial charge in [0.1, 0.15) is 5.75 Å². The molecule has 0 atom stereocenters. The Labute approximate surface area is 132 Å². The van der Waals surface area contributed by atoms with Gasteiger partial charge < -0.3 is 10.1 Å². The molecule has 2 aromatic carbocycles. The molecule has 3 heteroatoms. The smallest absolute Gasteiger partial charge is 0.126 e. The maximum absolute atomic E-state index is 5.49. The van der Waals surface area contributed by atoms with Crippen LogP contribution in [0.25, 0.3) is 10.8 Å². The van der Waals surface area contributed by atoms with E-state index in [2.05, 4.69) is 46.6 Å². The van der Waals surface area contributed by atoms with Gasteiger partial charge in [-0.25, -0.2) is 0 Å². The third-order valence-corrected chi connectivity index (χ3v) is 5.52. The molecule has 0 spiro atoms. The minimum atomic E-state index is 0.404. The number of hydrogen-bond acceptors (Lipinski definition) is 3. The van der Waals surface area contributed by atoms with Crippen LogP contribution >= 0.6 is 0 Å². The van der Waals surface area contributed by atoms with Gasteiger partial charge >= 0.3 is 0 Å². The SMILES string of the molecule is COc1ccc(NCC23CCCN2CCC3)c2ccccc12. The number of anilines is 1. The molecule has 0 amide bonds. The molecule has 2 saturated heterocycles. The van der Waals surface area contributed by atoms with Crippen molar-refractivity contribution in [2.24, 2.45) is 0 Å². The second kappa shape index (κ2) is 5.47. The Morgan fingerprint density at radius 1 is 1.05 bits per heavy atom. The van der Waals surface area contributed by atoms with Crippen molar-refractivity contribution in [3.8, 4) is 5.75 Å². The summed E-state index contributed by atoms with van der Waals surface area (Å²) in [5.41, 5.74) is 1.63. The summed E-state index contributed by atoms with van der Waals surface area (Å²) in [5.74, 6) is 0.947. The molecule has 3 nitrogen and oxygen atoms in total. The van der Waals surface area contributed by atoms with Gasteiger partial charge in [0.15, 0.2) is 0 Å². The molecule has 2 heterocycles. The third-order valence-electron chi connectivity index (χ3n) is 5.52. The van der Waals surface area contributed by atoms with Crippen LogP contribution in [0.4, 0.5) is 5.69 Å². The van der Waals surface area contributed by atoms with Crippen molar-refractivity contribution < 1.29 is 4.74 Å². The zero-order valence-corrected chi connectivity index (χ0v) is 13.3. The zero-order chi connectivity index (χ0) is 15.0. The molecule has 22 heavy (non-hydrogen) atoms. The van der Waals surface area contributed by atoms with Crippen molar-refractivity contribution >= 4 is 16.5 Å². The van der Waals surface area contributed by atoms with Crippen molar-refractivity contribution in [1.82, 2.24) is 4.90 Å². The van der Waals surface area contributed by atoms with E-state index in [-0.39, 0.29) is 0 Å². The van der Waals surface area contributed by atoms with E-state index in [9.17, 15) is 0 Å². The second-order valence-electron chi connectivity index (χ2n) is 6.63. The van der Waals surface area contributed by atoms with Gasteiger partial charge in [0.25, 0.3) is 0 Å². The first-order valence-electron chi connectivity index (χ1n) is 8.37. The lowest BCUT2D eigenvalue weighted by Gasteiger charge is -2.32. The molecule has 0 saturated carbocycles.